The SMILES string of the molecule is CC(C(=O)O)N(C)P(=O)(Oc1ccccc1)OC1CC(CO)OC1n1cnc2c(N)ncnc21. The van der Waals surface area contributed by atoms with E-state index in [1.54, 1.807) is 34.9 Å². The van der Waals surface area contributed by atoms with E-state index in [0.29, 0.717) is 11.2 Å². The Morgan fingerprint density at radius 2 is 2.09 bits per heavy atom. The fraction of sp³-hybridized carbons (Fsp3) is 0.400. The van der Waals surface area contributed by atoms with Gasteiger partial charge in [0.15, 0.2) is 17.7 Å². The molecule has 1 saturated heterocycles. The molecule has 3 heterocycles. The number of imidazole rings is 1. The molecule has 1 fully saturated rings. The third-order valence-electron chi connectivity index (χ3n) is 5.55. The van der Waals surface area contributed by atoms with Gasteiger partial charge in [-0.15, -0.1) is 0 Å². The quantitative estimate of drug-likeness (QED) is 0.369. The number of ether oxygens (including phenoxy) is 1. The van der Waals surface area contributed by atoms with Gasteiger partial charge in [0, 0.05) is 6.42 Å². The predicted octanol–water partition coefficient (Wildman–Crippen LogP) is 1.67. The van der Waals surface area contributed by atoms with Gasteiger partial charge in [0.1, 0.15) is 29.7 Å². The van der Waals surface area contributed by atoms with E-state index < -0.39 is 38.2 Å². The van der Waals surface area contributed by atoms with Crippen molar-refractivity contribution in [2.24, 2.45) is 0 Å². The number of aliphatic carboxylic acids is 1. The summed E-state index contributed by atoms with van der Waals surface area (Å²) in [4.78, 5) is 24.0. The number of fused-ring (bicyclic) bond motifs is 1. The van der Waals surface area contributed by atoms with Gasteiger partial charge in [-0.2, -0.15) is 4.67 Å². The van der Waals surface area contributed by atoms with Crippen LogP contribution in [-0.2, 0) is 18.6 Å². The Morgan fingerprint density at radius 3 is 2.76 bits per heavy atom. The van der Waals surface area contributed by atoms with E-state index in [1.165, 1.54) is 26.6 Å². The second-order valence-electron chi connectivity index (χ2n) is 7.75. The first-order valence-electron chi connectivity index (χ1n) is 10.4. The van der Waals surface area contributed by atoms with Crippen LogP contribution >= 0.6 is 7.75 Å². The van der Waals surface area contributed by atoms with Crippen molar-refractivity contribution in [1.29, 1.82) is 0 Å². The van der Waals surface area contributed by atoms with Crippen molar-refractivity contribution < 1.29 is 33.4 Å². The van der Waals surface area contributed by atoms with Crippen LogP contribution in [0.2, 0.25) is 0 Å². The summed E-state index contributed by atoms with van der Waals surface area (Å²) in [7, 11) is -2.89. The molecule has 2 aromatic heterocycles. The van der Waals surface area contributed by atoms with Crippen LogP contribution in [0.15, 0.2) is 43.0 Å². The van der Waals surface area contributed by atoms with E-state index in [0.717, 1.165) is 4.67 Å². The van der Waals surface area contributed by atoms with Gasteiger partial charge in [-0.25, -0.2) is 19.5 Å². The number of carbonyl (C=O) groups is 1. The fourth-order valence-corrected chi connectivity index (χ4v) is 5.31. The van der Waals surface area contributed by atoms with Crippen LogP contribution in [0.25, 0.3) is 11.2 Å². The topological polar surface area (TPSA) is 175 Å². The number of nitrogen functional groups attached to an aromatic ring is 1. The zero-order chi connectivity index (χ0) is 24.5. The summed E-state index contributed by atoms with van der Waals surface area (Å²) in [6, 6.07) is 7.10. The normalized spacial score (nSPS) is 23.1. The number of nitrogens with zero attached hydrogens (tertiary/aromatic N) is 5. The number of rotatable bonds is 9. The lowest BCUT2D eigenvalue weighted by molar-refractivity contribution is -0.141. The molecule has 34 heavy (non-hydrogen) atoms. The summed E-state index contributed by atoms with van der Waals surface area (Å²) < 4.78 is 34.3. The number of para-hydroxylation sites is 1. The predicted molar refractivity (Wildman–Crippen MR) is 120 cm³/mol. The molecular formula is C20H25N6O7P. The Hall–Kier alpha value is -3.09. The summed E-state index contributed by atoms with van der Waals surface area (Å²) in [5.41, 5.74) is 6.58. The highest BCUT2D eigenvalue weighted by molar-refractivity contribution is 7.51. The van der Waals surface area contributed by atoms with E-state index in [2.05, 4.69) is 15.0 Å². The highest BCUT2D eigenvalue weighted by atomic mass is 31.2. The minimum absolute atomic E-state index is 0.152. The molecule has 5 unspecified atom stereocenters. The molecule has 4 N–H and O–H groups in total. The lowest BCUT2D eigenvalue weighted by Crippen LogP contribution is -2.37. The maximum Gasteiger partial charge on any atom is 0.462 e. The molecule has 182 valence electrons. The van der Waals surface area contributed by atoms with Gasteiger partial charge in [-0.1, -0.05) is 18.2 Å². The number of likely N-dealkylation sites (N-methyl/N-ethyl adjacent to an activating group) is 1. The first kappa shape index (κ1) is 24.0. The molecular weight excluding hydrogens is 467 g/mol. The molecule has 13 nitrogen and oxygen atoms in total. The van der Waals surface area contributed by atoms with Crippen molar-refractivity contribution in [2.45, 2.75) is 37.8 Å². The second kappa shape index (κ2) is 9.65. The maximum absolute atomic E-state index is 14.0. The van der Waals surface area contributed by atoms with Crippen molar-refractivity contribution in [2.75, 3.05) is 19.4 Å². The molecule has 5 atom stereocenters. The molecule has 3 aromatic rings. The average Bonchev–Trinajstić information content (AvgIpc) is 3.43. The van der Waals surface area contributed by atoms with Gasteiger partial charge < -0.3 is 25.2 Å². The Bertz CT molecular complexity index is 1210. The lowest BCUT2D eigenvalue weighted by atomic mass is 10.2. The largest absolute Gasteiger partial charge is 0.480 e. The Balaban J connectivity index is 1.71. The zero-order valence-corrected chi connectivity index (χ0v) is 19.4. The van der Waals surface area contributed by atoms with Crippen LogP contribution in [0.3, 0.4) is 0 Å². The van der Waals surface area contributed by atoms with Gasteiger partial charge in [0.2, 0.25) is 0 Å². The second-order valence-corrected chi connectivity index (χ2v) is 9.72. The fourth-order valence-electron chi connectivity index (χ4n) is 3.55. The number of aromatic nitrogens is 4. The molecule has 14 heteroatoms. The molecule has 0 bridgehead atoms. The highest BCUT2D eigenvalue weighted by Gasteiger charge is 2.47. The van der Waals surface area contributed by atoms with Crippen molar-refractivity contribution in [1.82, 2.24) is 24.2 Å². The smallest absolute Gasteiger partial charge is 0.462 e. The molecule has 0 spiro atoms. The van der Waals surface area contributed by atoms with E-state index in [1.807, 2.05) is 0 Å². The van der Waals surface area contributed by atoms with Gasteiger partial charge >= 0.3 is 13.7 Å². The maximum atomic E-state index is 14.0. The number of carboxylic acids is 1. The molecule has 0 radical (unpaired) electrons. The lowest BCUT2D eigenvalue weighted by Gasteiger charge is -2.32. The molecule has 1 aliphatic heterocycles. The van der Waals surface area contributed by atoms with Gasteiger partial charge in [0.05, 0.1) is 19.0 Å². The third-order valence-corrected chi connectivity index (χ3v) is 7.64. The first-order chi connectivity index (χ1) is 16.2. The van der Waals surface area contributed by atoms with Crippen LogP contribution in [0.1, 0.15) is 19.6 Å². The van der Waals surface area contributed by atoms with E-state index >= 15 is 0 Å². The standard InChI is InChI=1S/C20H25N6O7P/c1-12(20(28)29)25(2)34(30,32-13-6-4-3-5-7-13)33-15-8-14(9-27)31-19(15)26-11-24-16-17(21)22-10-23-18(16)26/h3-7,10-12,14-15,19,27H,8-9H2,1-2H3,(H,28,29)(H2,21,22,23). The highest BCUT2D eigenvalue weighted by Crippen LogP contribution is 2.55. The summed E-state index contributed by atoms with van der Waals surface area (Å²) in [6.07, 6.45) is 0.401. The number of hydrogen-bond donors (Lipinski definition) is 3. The van der Waals surface area contributed by atoms with Crippen LogP contribution in [0.4, 0.5) is 5.82 Å². The molecule has 4 rings (SSSR count). The van der Waals surface area contributed by atoms with E-state index in [9.17, 15) is 19.6 Å². The monoisotopic (exact) mass is 492 g/mol. The summed E-state index contributed by atoms with van der Waals surface area (Å²) in [5.74, 6) is -0.799. The van der Waals surface area contributed by atoms with Crippen molar-refractivity contribution in [3.63, 3.8) is 0 Å². The average molecular weight is 492 g/mol. The van der Waals surface area contributed by atoms with Crippen LogP contribution in [-0.4, -0.2) is 72.3 Å². The summed E-state index contributed by atoms with van der Waals surface area (Å²) in [6.45, 7) is 1.06. The van der Waals surface area contributed by atoms with Crippen molar-refractivity contribution >= 4 is 30.7 Å². The van der Waals surface area contributed by atoms with Crippen molar-refractivity contribution in [3.05, 3.63) is 43.0 Å². The molecule has 0 aliphatic carbocycles. The number of anilines is 1. The van der Waals surface area contributed by atoms with E-state index in [4.69, 9.17) is 19.5 Å². The number of carboxylic acid groups (broad SMARTS) is 1. The molecule has 1 aromatic carbocycles. The third kappa shape index (κ3) is 4.61. The van der Waals surface area contributed by atoms with E-state index in [-0.39, 0.29) is 24.6 Å². The van der Waals surface area contributed by atoms with Crippen LogP contribution in [0, 0.1) is 0 Å². The number of aliphatic hydroxyl groups excluding tert-OH is 1. The zero-order valence-electron chi connectivity index (χ0n) is 18.5. The molecule has 0 amide bonds. The minimum Gasteiger partial charge on any atom is -0.480 e. The number of hydrogen-bond acceptors (Lipinski definition) is 10. The number of benzene rings is 1. The molecule has 0 saturated carbocycles. The molecule has 1 aliphatic rings. The first-order valence-corrected chi connectivity index (χ1v) is 11.9. The van der Waals surface area contributed by atoms with Crippen LogP contribution < -0.4 is 10.3 Å². The number of aliphatic hydroxyl groups is 1. The van der Waals surface area contributed by atoms with Gasteiger partial charge in [0.25, 0.3) is 0 Å². The van der Waals surface area contributed by atoms with Crippen molar-refractivity contribution in [3.8, 4) is 5.75 Å². The summed E-state index contributed by atoms with van der Waals surface area (Å²) in [5, 5.41) is 19.2. The van der Waals surface area contributed by atoms with Gasteiger partial charge in [-0.3, -0.25) is 13.9 Å². The van der Waals surface area contributed by atoms with Crippen LogP contribution in [0.5, 0.6) is 5.75 Å². The number of nitrogens with two attached hydrogens (primary N) is 1. The Kier molecular flexibility index (Phi) is 6.82. The summed E-state index contributed by atoms with van der Waals surface area (Å²) >= 11 is 0. The Labute approximate surface area is 194 Å². The Morgan fingerprint density at radius 1 is 1.35 bits per heavy atom. The minimum atomic E-state index is -4.24. The van der Waals surface area contributed by atoms with Gasteiger partial charge in [-0.05, 0) is 26.1 Å².